The quantitative estimate of drug-likeness (QED) is 0.432. The molecule has 1 rings (SSSR count). The summed E-state index contributed by atoms with van der Waals surface area (Å²) in [6, 6.07) is 5.17. The topological polar surface area (TPSA) is 44.8 Å². The van der Waals surface area contributed by atoms with Gasteiger partial charge in [-0.3, -0.25) is 0 Å². The molecule has 0 fully saturated rings. The zero-order valence-electron chi connectivity index (χ0n) is 10.9. The molecule has 100 valence electrons. The Balaban J connectivity index is 2.79. The molecule has 0 amide bonds. The van der Waals surface area contributed by atoms with E-state index in [1.54, 1.807) is 32.2 Å². The van der Waals surface area contributed by atoms with Crippen LogP contribution in [0.15, 0.2) is 23.1 Å². The molecule has 0 radical (unpaired) electrons. The minimum Gasteiger partial charge on any atom is -0.495 e. The fraction of sp³-hybridized carbons (Fsp3) is 0.462. The summed E-state index contributed by atoms with van der Waals surface area (Å²) in [4.78, 5) is 12.4. The van der Waals surface area contributed by atoms with E-state index in [9.17, 15) is 4.79 Å². The van der Waals surface area contributed by atoms with Crippen LogP contribution in [0.5, 0.6) is 5.75 Å². The maximum Gasteiger partial charge on any atom is 0.338 e. The van der Waals surface area contributed by atoms with Crippen molar-refractivity contribution in [2.45, 2.75) is 25.2 Å². The average molecular weight is 270 g/mol. The van der Waals surface area contributed by atoms with Crippen molar-refractivity contribution in [3.8, 4) is 5.75 Å². The van der Waals surface area contributed by atoms with Crippen molar-refractivity contribution in [2.24, 2.45) is 0 Å². The zero-order valence-corrected chi connectivity index (χ0v) is 11.7. The maximum absolute atomic E-state index is 11.6. The van der Waals surface area contributed by atoms with E-state index in [-0.39, 0.29) is 5.97 Å². The van der Waals surface area contributed by atoms with Crippen molar-refractivity contribution in [1.29, 1.82) is 0 Å². The highest BCUT2D eigenvalue weighted by atomic mass is 32.2. The van der Waals surface area contributed by atoms with Crippen LogP contribution in [0.1, 0.15) is 30.6 Å². The van der Waals surface area contributed by atoms with Gasteiger partial charge in [0.05, 0.1) is 30.8 Å². The fourth-order valence-corrected chi connectivity index (χ4v) is 1.99. The molecule has 0 aliphatic carbocycles. The highest BCUT2D eigenvalue weighted by Crippen LogP contribution is 2.31. The van der Waals surface area contributed by atoms with E-state index >= 15 is 0 Å². The van der Waals surface area contributed by atoms with Crippen LogP contribution in [-0.4, -0.2) is 26.3 Å². The summed E-state index contributed by atoms with van der Waals surface area (Å²) in [6.07, 6.45) is 0.955. The van der Waals surface area contributed by atoms with Crippen LogP contribution in [0.2, 0.25) is 0 Å². The molecule has 0 N–H and O–H groups in total. The van der Waals surface area contributed by atoms with Crippen molar-refractivity contribution in [3.63, 3.8) is 0 Å². The average Bonchev–Trinajstić information content (AvgIpc) is 2.39. The molecule has 0 heterocycles. The number of ether oxygens (including phenoxy) is 2. The van der Waals surface area contributed by atoms with Gasteiger partial charge in [0.2, 0.25) is 0 Å². The first-order chi connectivity index (χ1) is 8.72. The Morgan fingerprint density at radius 1 is 1.33 bits per heavy atom. The van der Waals surface area contributed by atoms with Crippen molar-refractivity contribution in [1.82, 2.24) is 0 Å². The van der Waals surface area contributed by atoms with Crippen LogP contribution in [0, 0.1) is 0 Å². The van der Waals surface area contributed by atoms with Gasteiger partial charge in [-0.25, -0.2) is 4.79 Å². The van der Waals surface area contributed by atoms with Crippen LogP contribution >= 0.6 is 12.0 Å². The zero-order chi connectivity index (χ0) is 13.4. The standard InChI is InChI=1S/C13H18O4S/c1-4-8-17-18-12-7-6-10(9-11(12)15-3)13(14)16-5-2/h6-7,9H,4-5,8H2,1-3H3. The molecule has 1 aromatic carbocycles. The van der Waals surface area contributed by atoms with Gasteiger partial charge >= 0.3 is 5.97 Å². The minimum absolute atomic E-state index is 0.346. The molecule has 18 heavy (non-hydrogen) atoms. The molecule has 0 spiro atoms. The van der Waals surface area contributed by atoms with Crippen LogP contribution in [0.4, 0.5) is 0 Å². The molecule has 4 nitrogen and oxygen atoms in total. The van der Waals surface area contributed by atoms with E-state index in [0.717, 1.165) is 11.3 Å². The van der Waals surface area contributed by atoms with Crippen LogP contribution in [0.25, 0.3) is 0 Å². The molecule has 0 bridgehead atoms. The molecule has 1 aromatic rings. The first-order valence-electron chi connectivity index (χ1n) is 5.87. The smallest absolute Gasteiger partial charge is 0.338 e. The highest BCUT2D eigenvalue weighted by Gasteiger charge is 2.11. The molecule has 0 unspecified atom stereocenters. The number of hydrogen-bond acceptors (Lipinski definition) is 5. The van der Waals surface area contributed by atoms with Crippen LogP contribution in [0.3, 0.4) is 0 Å². The predicted molar refractivity (Wildman–Crippen MR) is 71.1 cm³/mol. The molecule has 0 aromatic heterocycles. The van der Waals surface area contributed by atoms with Crippen molar-refractivity contribution in [3.05, 3.63) is 23.8 Å². The van der Waals surface area contributed by atoms with E-state index in [1.165, 1.54) is 12.0 Å². The largest absolute Gasteiger partial charge is 0.495 e. The van der Waals surface area contributed by atoms with Gasteiger partial charge in [0.25, 0.3) is 0 Å². The Bertz CT molecular complexity index is 393. The van der Waals surface area contributed by atoms with E-state index in [4.69, 9.17) is 13.7 Å². The fourth-order valence-electron chi connectivity index (χ4n) is 1.27. The van der Waals surface area contributed by atoms with E-state index < -0.39 is 0 Å². The lowest BCUT2D eigenvalue weighted by Gasteiger charge is -2.09. The van der Waals surface area contributed by atoms with Gasteiger partial charge in [0.1, 0.15) is 5.75 Å². The Kier molecular flexibility index (Phi) is 6.60. The van der Waals surface area contributed by atoms with Crippen LogP contribution < -0.4 is 4.74 Å². The SMILES string of the molecule is CCCOSc1ccc(C(=O)OCC)cc1OC. The molecular formula is C13H18O4S. The normalized spacial score (nSPS) is 10.2. The van der Waals surface area contributed by atoms with Crippen molar-refractivity contribution >= 4 is 18.0 Å². The molecule has 0 saturated carbocycles. The minimum atomic E-state index is -0.346. The Morgan fingerprint density at radius 3 is 2.72 bits per heavy atom. The summed E-state index contributed by atoms with van der Waals surface area (Å²) in [5, 5.41) is 0. The van der Waals surface area contributed by atoms with E-state index in [1.807, 2.05) is 6.92 Å². The van der Waals surface area contributed by atoms with Gasteiger partial charge in [-0.2, -0.15) is 0 Å². The summed E-state index contributed by atoms with van der Waals surface area (Å²) in [5.41, 5.74) is 0.480. The second kappa shape index (κ2) is 8.00. The Labute approximate surface area is 112 Å². The summed E-state index contributed by atoms with van der Waals surface area (Å²) in [6.45, 7) is 4.85. The van der Waals surface area contributed by atoms with Gasteiger partial charge in [-0.05, 0) is 31.5 Å². The molecule has 5 heteroatoms. The van der Waals surface area contributed by atoms with Gasteiger partial charge < -0.3 is 13.7 Å². The van der Waals surface area contributed by atoms with Gasteiger partial charge in [0.15, 0.2) is 0 Å². The molecule has 0 saturated heterocycles. The monoisotopic (exact) mass is 270 g/mol. The Morgan fingerprint density at radius 2 is 2.11 bits per heavy atom. The third kappa shape index (κ3) is 4.23. The van der Waals surface area contributed by atoms with E-state index in [2.05, 4.69) is 0 Å². The summed E-state index contributed by atoms with van der Waals surface area (Å²) >= 11 is 1.25. The number of carbonyl (C=O) groups excluding carboxylic acids is 1. The molecule has 0 aliphatic rings. The third-order valence-corrected chi connectivity index (χ3v) is 2.91. The van der Waals surface area contributed by atoms with E-state index in [0.29, 0.717) is 24.5 Å². The first kappa shape index (κ1) is 14.9. The Hall–Kier alpha value is -1.20. The second-order valence-corrected chi connectivity index (χ2v) is 4.33. The second-order valence-electron chi connectivity index (χ2n) is 3.49. The van der Waals surface area contributed by atoms with Gasteiger partial charge in [-0.15, -0.1) is 0 Å². The molecule has 0 atom stereocenters. The highest BCUT2D eigenvalue weighted by molar-refractivity contribution is 7.94. The molecular weight excluding hydrogens is 252 g/mol. The lowest BCUT2D eigenvalue weighted by atomic mass is 10.2. The molecule has 0 aliphatic heterocycles. The van der Waals surface area contributed by atoms with Gasteiger partial charge in [0, 0.05) is 12.0 Å². The number of hydrogen-bond donors (Lipinski definition) is 0. The number of methoxy groups -OCH3 is 1. The van der Waals surface area contributed by atoms with Crippen molar-refractivity contribution < 1.29 is 18.5 Å². The predicted octanol–water partition coefficient (Wildman–Crippen LogP) is 3.31. The van der Waals surface area contributed by atoms with Gasteiger partial charge in [-0.1, -0.05) is 6.92 Å². The number of carbonyl (C=O) groups is 1. The number of esters is 1. The maximum atomic E-state index is 11.6. The summed E-state index contributed by atoms with van der Waals surface area (Å²) < 4.78 is 15.5. The lowest BCUT2D eigenvalue weighted by molar-refractivity contribution is 0.0526. The van der Waals surface area contributed by atoms with Crippen LogP contribution in [-0.2, 0) is 8.92 Å². The van der Waals surface area contributed by atoms with Crippen molar-refractivity contribution in [2.75, 3.05) is 20.3 Å². The number of rotatable bonds is 7. The first-order valence-corrected chi connectivity index (χ1v) is 6.61. The summed E-state index contributed by atoms with van der Waals surface area (Å²) in [7, 11) is 1.56. The lowest BCUT2D eigenvalue weighted by Crippen LogP contribution is -2.05. The third-order valence-electron chi connectivity index (χ3n) is 2.11. The summed E-state index contributed by atoms with van der Waals surface area (Å²) in [5.74, 6) is 0.267. The number of benzene rings is 1.